The average Bonchev–Trinajstić information content (AvgIpc) is 2.61. The third kappa shape index (κ3) is 2.92. The Morgan fingerprint density at radius 1 is 1.04 bits per heavy atom. The number of anilines is 1. The first-order valence-corrected chi connectivity index (χ1v) is 8.30. The van der Waals surface area contributed by atoms with Crippen molar-refractivity contribution in [2.45, 2.75) is 25.7 Å². The minimum absolute atomic E-state index is 0.107. The van der Waals surface area contributed by atoms with E-state index in [0.717, 1.165) is 25.7 Å². The number of carbonyl (C=O) groups is 2. The minimum atomic E-state index is -0.859. The number of carboxylic acids is 1. The second-order valence-electron chi connectivity index (χ2n) is 6.62. The van der Waals surface area contributed by atoms with E-state index in [1.54, 1.807) is 25.3 Å². The van der Waals surface area contributed by atoms with Crippen LogP contribution in [0.4, 0.5) is 5.69 Å². The largest absolute Gasteiger partial charge is 0.497 e. The molecule has 24 heavy (non-hydrogen) atoms. The Morgan fingerprint density at radius 2 is 1.67 bits per heavy atom. The summed E-state index contributed by atoms with van der Waals surface area (Å²) in [4.78, 5) is 24.6. The molecule has 0 heterocycles. The molecule has 0 unspecified atom stereocenters. The molecule has 4 rings (SSSR count). The number of ether oxygens (including phenoxy) is 2. The molecule has 2 N–H and O–H groups in total. The molecule has 3 aliphatic carbocycles. The topological polar surface area (TPSA) is 84.9 Å². The van der Waals surface area contributed by atoms with E-state index in [2.05, 4.69) is 5.32 Å². The molecule has 0 radical (unpaired) electrons. The Bertz CT molecular complexity index is 636. The van der Waals surface area contributed by atoms with Crippen molar-refractivity contribution in [3.8, 4) is 11.5 Å². The molecule has 0 saturated heterocycles. The molecule has 0 aromatic heterocycles. The van der Waals surface area contributed by atoms with Crippen molar-refractivity contribution in [2.75, 3.05) is 19.5 Å². The van der Waals surface area contributed by atoms with Gasteiger partial charge in [-0.3, -0.25) is 9.59 Å². The molecule has 0 aliphatic heterocycles. The van der Waals surface area contributed by atoms with Gasteiger partial charge in [0.15, 0.2) is 0 Å². The smallest absolute Gasteiger partial charge is 0.307 e. The first kappa shape index (κ1) is 16.6. The number of amides is 1. The lowest BCUT2D eigenvalue weighted by Crippen LogP contribution is -2.49. The Morgan fingerprint density at radius 3 is 2.21 bits per heavy atom. The van der Waals surface area contributed by atoms with Crippen molar-refractivity contribution in [3.63, 3.8) is 0 Å². The number of rotatable bonds is 5. The summed E-state index contributed by atoms with van der Waals surface area (Å²) in [5.74, 6) is -0.781. The average molecular weight is 333 g/mol. The van der Waals surface area contributed by atoms with Gasteiger partial charge in [-0.25, -0.2) is 0 Å². The third-order valence-electron chi connectivity index (χ3n) is 5.47. The normalized spacial score (nSPS) is 28.2. The summed E-state index contributed by atoms with van der Waals surface area (Å²) in [5.41, 5.74) is 0.507. The Labute approximate surface area is 141 Å². The molecule has 6 heteroatoms. The highest BCUT2D eigenvalue weighted by molar-refractivity contribution is 5.97. The molecule has 1 aromatic rings. The maximum atomic E-state index is 12.9. The lowest BCUT2D eigenvalue weighted by Gasteiger charge is -2.45. The first-order chi connectivity index (χ1) is 11.5. The van der Waals surface area contributed by atoms with Crippen LogP contribution in [0, 0.1) is 23.7 Å². The van der Waals surface area contributed by atoms with Gasteiger partial charge < -0.3 is 19.9 Å². The lowest BCUT2D eigenvalue weighted by molar-refractivity contribution is -0.156. The Hall–Kier alpha value is -2.24. The van der Waals surface area contributed by atoms with Crippen LogP contribution in [-0.4, -0.2) is 31.2 Å². The monoisotopic (exact) mass is 333 g/mol. The van der Waals surface area contributed by atoms with Crippen molar-refractivity contribution >= 4 is 17.6 Å². The second-order valence-corrected chi connectivity index (χ2v) is 6.62. The van der Waals surface area contributed by atoms with Crippen LogP contribution in [0.3, 0.4) is 0 Å². The number of fused-ring (bicyclic) bond motifs is 3. The fourth-order valence-electron chi connectivity index (χ4n) is 4.31. The van der Waals surface area contributed by atoms with Gasteiger partial charge in [-0.15, -0.1) is 0 Å². The number of benzene rings is 1. The summed E-state index contributed by atoms with van der Waals surface area (Å²) in [6.07, 6.45) is 3.69. The van der Waals surface area contributed by atoms with E-state index in [0.29, 0.717) is 17.2 Å². The SMILES string of the molecule is COc1ccc(OC)c(NC(=O)[C@H]2C3CCC(CC3)[C@H]2C(=O)O)c1. The van der Waals surface area contributed by atoms with Crippen molar-refractivity contribution in [1.29, 1.82) is 0 Å². The van der Waals surface area contributed by atoms with E-state index in [-0.39, 0.29) is 17.7 Å². The van der Waals surface area contributed by atoms with Gasteiger partial charge in [0.2, 0.25) is 5.91 Å². The molecular formula is C18H23NO5. The van der Waals surface area contributed by atoms with Gasteiger partial charge in [0.05, 0.1) is 31.7 Å². The summed E-state index contributed by atoms with van der Waals surface area (Å²) < 4.78 is 10.5. The number of carbonyl (C=O) groups excluding carboxylic acids is 1. The van der Waals surface area contributed by atoms with Crippen LogP contribution >= 0.6 is 0 Å². The van der Waals surface area contributed by atoms with E-state index in [9.17, 15) is 14.7 Å². The van der Waals surface area contributed by atoms with E-state index < -0.39 is 17.8 Å². The fourth-order valence-corrected chi connectivity index (χ4v) is 4.31. The van der Waals surface area contributed by atoms with Gasteiger partial charge in [0.1, 0.15) is 11.5 Å². The number of carboxylic acid groups (broad SMARTS) is 1. The van der Waals surface area contributed by atoms with E-state index in [1.165, 1.54) is 7.11 Å². The Kier molecular flexibility index (Phi) is 4.64. The molecule has 0 spiro atoms. The van der Waals surface area contributed by atoms with Crippen molar-refractivity contribution in [1.82, 2.24) is 0 Å². The molecule has 3 aliphatic rings. The molecule has 6 nitrogen and oxygen atoms in total. The first-order valence-electron chi connectivity index (χ1n) is 8.30. The zero-order valence-corrected chi connectivity index (χ0v) is 14.0. The molecule has 1 amide bonds. The molecule has 2 bridgehead atoms. The number of nitrogens with one attached hydrogen (secondary N) is 1. The summed E-state index contributed by atoms with van der Waals surface area (Å²) in [6.45, 7) is 0. The van der Waals surface area contributed by atoms with Crippen LogP contribution in [-0.2, 0) is 9.59 Å². The predicted octanol–water partition coefficient (Wildman–Crippen LogP) is 2.78. The van der Waals surface area contributed by atoms with Crippen molar-refractivity contribution in [3.05, 3.63) is 18.2 Å². The van der Waals surface area contributed by atoms with Crippen LogP contribution in [0.25, 0.3) is 0 Å². The number of methoxy groups -OCH3 is 2. The van der Waals surface area contributed by atoms with E-state index in [4.69, 9.17) is 9.47 Å². The van der Waals surface area contributed by atoms with Crippen LogP contribution in [0.15, 0.2) is 18.2 Å². The second kappa shape index (κ2) is 6.71. The van der Waals surface area contributed by atoms with Crippen molar-refractivity contribution in [2.24, 2.45) is 23.7 Å². The molecule has 1 aromatic carbocycles. The summed E-state index contributed by atoms with van der Waals surface area (Å²) in [6, 6.07) is 5.15. The predicted molar refractivity (Wildman–Crippen MR) is 88.2 cm³/mol. The zero-order valence-electron chi connectivity index (χ0n) is 14.0. The quantitative estimate of drug-likeness (QED) is 0.865. The molecule has 3 saturated carbocycles. The van der Waals surface area contributed by atoms with Crippen LogP contribution in [0.2, 0.25) is 0 Å². The standard InChI is InChI=1S/C18H23NO5/c1-23-12-7-8-14(24-2)13(9-12)19-17(20)15-10-3-5-11(6-4-10)16(15)18(21)22/h7-11,15-16H,3-6H2,1-2H3,(H,19,20)(H,21,22)/t10?,11?,15-,16+/m0/s1. The zero-order chi connectivity index (χ0) is 17.3. The summed E-state index contributed by atoms with van der Waals surface area (Å²) >= 11 is 0. The maximum absolute atomic E-state index is 12.9. The summed E-state index contributed by atoms with van der Waals surface area (Å²) in [7, 11) is 3.08. The highest BCUT2D eigenvalue weighted by atomic mass is 16.5. The van der Waals surface area contributed by atoms with Gasteiger partial charge in [0, 0.05) is 6.07 Å². The van der Waals surface area contributed by atoms with Gasteiger partial charge in [-0.05, 0) is 49.7 Å². The Balaban J connectivity index is 1.85. The van der Waals surface area contributed by atoms with Crippen LogP contribution in [0.5, 0.6) is 11.5 Å². The van der Waals surface area contributed by atoms with Gasteiger partial charge in [-0.1, -0.05) is 0 Å². The highest BCUT2D eigenvalue weighted by Gasteiger charge is 2.50. The number of aliphatic carboxylic acids is 1. The van der Waals surface area contributed by atoms with E-state index in [1.807, 2.05) is 0 Å². The van der Waals surface area contributed by atoms with Gasteiger partial charge in [-0.2, -0.15) is 0 Å². The van der Waals surface area contributed by atoms with Crippen LogP contribution < -0.4 is 14.8 Å². The number of hydrogen-bond acceptors (Lipinski definition) is 4. The van der Waals surface area contributed by atoms with Crippen molar-refractivity contribution < 1.29 is 24.2 Å². The van der Waals surface area contributed by atoms with E-state index >= 15 is 0 Å². The third-order valence-corrected chi connectivity index (χ3v) is 5.47. The summed E-state index contributed by atoms with van der Waals surface area (Å²) in [5, 5.41) is 12.5. The minimum Gasteiger partial charge on any atom is -0.497 e. The number of hydrogen-bond donors (Lipinski definition) is 2. The van der Waals surface area contributed by atoms with Gasteiger partial charge >= 0.3 is 5.97 Å². The molecule has 3 fully saturated rings. The highest BCUT2D eigenvalue weighted by Crippen LogP contribution is 2.49. The molecular weight excluding hydrogens is 310 g/mol. The fraction of sp³-hybridized carbons (Fsp3) is 0.556. The molecule has 2 atom stereocenters. The maximum Gasteiger partial charge on any atom is 0.307 e. The molecule has 130 valence electrons. The lowest BCUT2D eigenvalue weighted by atomic mass is 9.58. The van der Waals surface area contributed by atoms with Gasteiger partial charge in [0.25, 0.3) is 0 Å². The van der Waals surface area contributed by atoms with Crippen LogP contribution in [0.1, 0.15) is 25.7 Å².